The van der Waals surface area contributed by atoms with E-state index in [-0.39, 0.29) is 31.1 Å². The molecule has 2 aromatic heterocycles. The van der Waals surface area contributed by atoms with Crippen LogP contribution in [-0.4, -0.2) is 107 Å². The molecular weight excluding hydrogens is 589 g/mol. The Labute approximate surface area is 247 Å². The van der Waals surface area contributed by atoms with Gasteiger partial charge in [0.1, 0.15) is 23.5 Å². The zero-order chi connectivity index (χ0) is 30.2. The van der Waals surface area contributed by atoms with Crippen molar-refractivity contribution in [3.8, 4) is 22.5 Å². The highest BCUT2D eigenvalue weighted by Crippen LogP contribution is 2.51. The Morgan fingerprint density at radius 3 is 2.26 bits per heavy atom. The van der Waals surface area contributed by atoms with E-state index in [1.807, 2.05) is 30.3 Å². The van der Waals surface area contributed by atoms with Crippen LogP contribution < -0.4 is 0 Å². The number of aliphatic hydroxyl groups excluding tert-OH is 3. The lowest BCUT2D eigenvalue weighted by Crippen LogP contribution is -2.55. The summed E-state index contributed by atoms with van der Waals surface area (Å²) in [7, 11) is 0.222. The highest BCUT2D eigenvalue weighted by molar-refractivity contribution is 8.18. The van der Waals surface area contributed by atoms with Gasteiger partial charge in [-0.3, -0.25) is 0 Å². The lowest BCUT2D eigenvalue weighted by atomic mass is 10.0. The first-order chi connectivity index (χ1) is 20.8. The second-order valence-corrected chi connectivity index (χ2v) is 13.4. The fourth-order valence-electron chi connectivity index (χ4n) is 5.96. The zero-order valence-electron chi connectivity index (χ0n) is 23.0. The number of halogens is 3. The molecule has 11 nitrogen and oxygen atoms in total. The first-order valence-electron chi connectivity index (χ1n) is 13.7. The molecule has 0 saturated carbocycles. The molecule has 3 N–H and O–H groups in total. The molecule has 43 heavy (non-hydrogen) atoms. The SMILES string of the molecule is CO[C@H]1C[SH]([C@@H]2COC[C@H](n3cc(-c4ccccc4)nn3)[C@H]2O)[C@H](CO)[C@H](O)[C@@H]1n1cc(-c2cc(F)c(F)c(F)c2)nn1. The Morgan fingerprint density at radius 2 is 1.58 bits per heavy atom. The summed E-state index contributed by atoms with van der Waals surface area (Å²) in [5.41, 5.74) is 1.58. The van der Waals surface area contributed by atoms with Crippen LogP contribution in [0.1, 0.15) is 12.1 Å². The van der Waals surface area contributed by atoms with Gasteiger partial charge < -0.3 is 24.8 Å². The Hall–Kier alpha value is -3.34. The summed E-state index contributed by atoms with van der Waals surface area (Å²) >= 11 is 0. The molecule has 8 atom stereocenters. The Balaban J connectivity index is 1.24. The van der Waals surface area contributed by atoms with Gasteiger partial charge in [0.15, 0.2) is 17.5 Å². The number of thiol groups is 1. The largest absolute Gasteiger partial charge is 0.395 e. The van der Waals surface area contributed by atoms with E-state index >= 15 is 0 Å². The summed E-state index contributed by atoms with van der Waals surface area (Å²) < 4.78 is 55.8. The van der Waals surface area contributed by atoms with Crippen molar-refractivity contribution in [2.24, 2.45) is 0 Å². The lowest BCUT2D eigenvalue weighted by Gasteiger charge is -2.51. The van der Waals surface area contributed by atoms with E-state index in [2.05, 4.69) is 20.6 Å². The van der Waals surface area contributed by atoms with Crippen LogP contribution in [0, 0.1) is 17.5 Å². The van der Waals surface area contributed by atoms with Crippen molar-refractivity contribution in [1.82, 2.24) is 30.0 Å². The third-order valence-electron chi connectivity index (χ3n) is 8.24. The average molecular weight is 621 g/mol. The van der Waals surface area contributed by atoms with Gasteiger partial charge in [-0.05, 0) is 12.1 Å². The standard InChI is InChI=1S/C28H31F3N6O5S/c1-41-22-14-43(24-13-42-12-21(27(24)39)36-9-19(32-34-36)15-5-3-2-4-6-15)23(11-38)28(40)26(22)37-10-20(33-35-37)16-7-17(29)25(31)18(30)8-16/h2-10,21-24,26-28,38-40,43H,11-14H2,1H3/t21-,22-,23+,24+,26+,27+,28-/m0/s1. The summed E-state index contributed by atoms with van der Waals surface area (Å²) in [4.78, 5) is 0. The second-order valence-electron chi connectivity index (χ2n) is 10.7. The third-order valence-corrected chi connectivity index (χ3v) is 11.6. The fraction of sp³-hybridized carbons (Fsp3) is 0.429. The molecule has 0 aliphatic carbocycles. The molecular formula is C28H31F3N6O5S. The summed E-state index contributed by atoms with van der Waals surface area (Å²) in [6, 6.07) is 9.82. The molecule has 2 aliphatic heterocycles. The number of hydrogen-bond donors (Lipinski definition) is 4. The molecule has 6 rings (SSSR count). The predicted molar refractivity (Wildman–Crippen MR) is 151 cm³/mol. The Bertz CT molecular complexity index is 1540. The van der Waals surface area contributed by atoms with Crippen molar-refractivity contribution in [1.29, 1.82) is 0 Å². The molecule has 2 fully saturated rings. The molecule has 230 valence electrons. The molecule has 15 heteroatoms. The first-order valence-corrected chi connectivity index (χ1v) is 15.3. The smallest absolute Gasteiger partial charge is 0.194 e. The van der Waals surface area contributed by atoms with Crippen molar-refractivity contribution in [2.75, 3.05) is 32.7 Å². The molecule has 0 amide bonds. The van der Waals surface area contributed by atoms with E-state index in [0.717, 1.165) is 17.7 Å². The fourth-order valence-corrected chi connectivity index (χ4v) is 9.44. The van der Waals surface area contributed by atoms with Crippen molar-refractivity contribution in [3.05, 3.63) is 72.3 Å². The van der Waals surface area contributed by atoms with Crippen LogP contribution in [-0.2, 0) is 9.47 Å². The van der Waals surface area contributed by atoms with Gasteiger partial charge in [-0.1, -0.05) is 40.8 Å². The number of methoxy groups -OCH3 is 1. The van der Waals surface area contributed by atoms with Gasteiger partial charge in [-0.25, -0.2) is 33.4 Å². The van der Waals surface area contributed by atoms with Gasteiger partial charge in [-0.15, -0.1) is 10.2 Å². The number of ether oxygens (including phenoxy) is 2. The lowest BCUT2D eigenvalue weighted by molar-refractivity contribution is -0.0339. The first kappa shape index (κ1) is 29.7. The molecule has 2 aliphatic rings. The molecule has 0 radical (unpaired) electrons. The average Bonchev–Trinajstić information content (AvgIpc) is 3.71. The summed E-state index contributed by atoms with van der Waals surface area (Å²) in [5, 5.41) is 49.1. The molecule has 4 aromatic rings. The maximum absolute atomic E-state index is 13.8. The van der Waals surface area contributed by atoms with E-state index in [1.54, 1.807) is 10.9 Å². The number of aromatic nitrogens is 6. The maximum Gasteiger partial charge on any atom is 0.194 e. The van der Waals surface area contributed by atoms with Gasteiger partial charge in [0.05, 0.1) is 50.5 Å². The van der Waals surface area contributed by atoms with Crippen molar-refractivity contribution < 1.29 is 38.0 Å². The molecule has 0 bridgehead atoms. The van der Waals surface area contributed by atoms with Crippen molar-refractivity contribution in [2.45, 2.75) is 40.9 Å². The Kier molecular flexibility index (Phi) is 8.53. The normalized spacial score (nSPS) is 30.4. The minimum Gasteiger partial charge on any atom is -0.395 e. The van der Waals surface area contributed by atoms with E-state index in [0.29, 0.717) is 11.4 Å². The molecule has 2 aromatic carbocycles. The van der Waals surface area contributed by atoms with Gasteiger partial charge in [0.25, 0.3) is 0 Å². The van der Waals surface area contributed by atoms with Crippen LogP contribution in [0.3, 0.4) is 0 Å². The number of benzene rings is 2. The molecule has 0 spiro atoms. The van der Waals surface area contributed by atoms with E-state index in [1.165, 1.54) is 18.0 Å². The number of nitrogens with zero attached hydrogens (tertiary/aromatic N) is 6. The van der Waals surface area contributed by atoms with Crippen LogP contribution in [0.15, 0.2) is 54.9 Å². The second kappa shape index (κ2) is 12.3. The van der Waals surface area contributed by atoms with E-state index < -0.39 is 69.2 Å². The third kappa shape index (κ3) is 5.56. The van der Waals surface area contributed by atoms with Crippen LogP contribution in [0.2, 0.25) is 0 Å². The zero-order valence-corrected chi connectivity index (χ0v) is 23.9. The number of rotatable bonds is 7. The van der Waals surface area contributed by atoms with Crippen LogP contribution in [0.5, 0.6) is 0 Å². The van der Waals surface area contributed by atoms with Crippen LogP contribution in [0.25, 0.3) is 22.5 Å². The number of aliphatic hydroxyl groups is 3. The monoisotopic (exact) mass is 620 g/mol. The van der Waals surface area contributed by atoms with Gasteiger partial charge >= 0.3 is 0 Å². The van der Waals surface area contributed by atoms with Crippen molar-refractivity contribution >= 4 is 10.9 Å². The highest BCUT2D eigenvalue weighted by atomic mass is 32.2. The van der Waals surface area contributed by atoms with E-state index in [9.17, 15) is 28.5 Å². The van der Waals surface area contributed by atoms with Crippen LogP contribution in [0.4, 0.5) is 13.2 Å². The van der Waals surface area contributed by atoms with Gasteiger partial charge in [0.2, 0.25) is 0 Å². The predicted octanol–water partition coefficient (Wildman–Crippen LogP) is 1.91. The van der Waals surface area contributed by atoms with E-state index in [4.69, 9.17) is 9.47 Å². The minimum atomic E-state index is -1.59. The van der Waals surface area contributed by atoms with Crippen LogP contribution >= 0.6 is 10.9 Å². The quantitative estimate of drug-likeness (QED) is 0.180. The minimum absolute atomic E-state index is 0.0278. The highest BCUT2D eigenvalue weighted by Gasteiger charge is 2.49. The maximum atomic E-state index is 13.8. The topological polar surface area (TPSA) is 141 Å². The molecule has 1 unspecified atom stereocenters. The van der Waals surface area contributed by atoms with Crippen molar-refractivity contribution in [3.63, 3.8) is 0 Å². The Morgan fingerprint density at radius 1 is 0.930 bits per heavy atom. The summed E-state index contributed by atoms with van der Waals surface area (Å²) in [6.07, 6.45) is 0.467. The summed E-state index contributed by atoms with van der Waals surface area (Å²) in [5.74, 6) is -3.93. The summed E-state index contributed by atoms with van der Waals surface area (Å²) in [6.45, 7) is 0.0711. The van der Waals surface area contributed by atoms with Gasteiger partial charge in [0, 0.05) is 34.5 Å². The van der Waals surface area contributed by atoms with Gasteiger partial charge in [-0.2, -0.15) is 0 Å². The molecule has 2 saturated heterocycles. The molecule has 4 heterocycles. The number of hydrogen-bond acceptors (Lipinski definition) is 9.